The van der Waals surface area contributed by atoms with E-state index >= 15 is 0 Å². The highest BCUT2D eigenvalue weighted by atomic mass is 32.1. The summed E-state index contributed by atoms with van der Waals surface area (Å²) >= 11 is 1.33. The molecule has 10 heavy (non-hydrogen) atoms. The van der Waals surface area contributed by atoms with Crippen molar-refractivity contribution >= 4 is 22.4 Å². The van der Waals surface area contributed by atoms with Crippen LogP contribution in [-0.2, 0) is 4.79 Å². The van der Waals surface area contributed by atoms with E-state index in [-0.39, 0.29) is 0 Å². The standard InChI is InChI=1S/C6H4N2OS/c1-2-5(9)8-6-7-3-4-10-6/h1,3-4H,(H,7,8,9). The SMILES string of the molecule is C#CC(=O)Nc1nccs1. The van der Waals surface area contributed by atoms with Gasteiger partial charge < -0.3 is 0 Å². The average Bonchev–Trinajstić information content (AvgIpc) is 2.40. The van der Waals surface area contributed by atoms with Gasteiger partial charge in [-0.3, -0.25) is 10.1 Å². The van der Waals surface area contributed by atoms with Crippen molar-refractivity contribution in [1.82, 2.24) is 4.98 Å². The Bertz CT molecular complexity index is 260. The molecule has 1 rings (SSSR count). The molecule has 0 spiro atoms. The van der Waals surface area contributed by atoms with Gasteiger partial charge in [0.15, 0.2) is 5.13 Å². The third kappa shape index (κ3) is 1.57. The minimum Gasteiger partial charge on any atom is -0.291 e. The molecule has 0 fully saturated rings. The molecule has 3 nitrogen and oxygen atoms in total. The van der Waals surface area contributed by atoms with Crippen molar-refractivity contribution in [3.05, 3.63) is 11.6 Å². The number of hydrogen-bond donors (Lipinski definition) is 1. The quantitative estimate of drug-likeness (QED) is 0.602. The first-order valence-electron chi connectivity index (χ1n) is 2.50. The Morgan fingerprint density at radius 2 is 2.70 bits per heavy atom. The summed E-state index contributed by atoms with van der Waals surface area (Å²) in [6.07, 6.45) is 6.40. The van der Waals surface area contributed by atoms with Crippen LogP contribution >= 0.6 is 11.3 Å². The fraction of sp³-hybridized carbons (Fsp3) is 0. The van der Waals surface area contributed by atoms with E-state index in [0.29, 0.717) is 5.13 Å². The molecule has 0 aromatic carbocycles. The molecule has 0 aliphatic rings. The van der Waals surface area contributed by atoms with Crippen LogP contribution in [0.4, 0.5) is 5.13 Å². The molecule has 0 unspecified atom stereocenters. The number of anilines is 1. The smallest absolute Gasteiger partial charge is 0.291 e. The normalized spacial score (nSPS) is 8.30. The summed E-state index contributed by atoms with van der Waals surface area (Å²) in [7, 11) is 0. The summed E-state index contributed by atoms with van der Waals surface area (Å²) in [6.45, 7) is 0. The summed E-state index contributed by atoms with van der Waals surface area (Å²) in [5, 5.41) is 4.69. The first-order chi connectivity index (χ1) is 4.83. The van der Waals surface area contributed by atoms with E-state index in [1.165, 1.54) is 11.3 Å². The van der Waals surface area contributed by atoms with Crippen molar-refractivity contribution in [3.63, 3.8) is 0 Å². The van der Waals surface area contributed by atoms with Crippen LogP contribution in [0.2, 0.25) is 0 Å². The minimum atomic E-state index is -0.463. The molecule has 1 N–H and O–H groups in total. The van der Waals surface area contributed by atoms with Crippen molar-refractivity contribution in [1.29, 1.82) is 0 Å². The van der Waals surface area contributed by atoms with Gasteiger partial charge in [0.25, 0.3) is 0 Å². The zero-order chi connectivity index (χ0) is 7.40. The zero-order valence-electron chi connectivity index (χ0n) is 5.00. The van der Waals surface area contributed by atoms with E-state index in [1.807, 2.05) is 5.92 Å². The van der Waals surface area contributed by atoms with Crippen molar-refractivity contribution in [2.24, 2.45) is 0 Å². The molecule has 0 saturated heterocycles. The predicted octanol–water partition coefficient (Wildman–Crippen LogP) is 0.715. The van der Waals surface area contributed by atoms with E-state index in [9.17, 15) is 4.79 Å². The molecule has 50 valence electrons. The van der Waals surface area contributed by atoms with Crippen molar-refractivity contribution < 1.29 is 4.79 Å². The molecule has 4 heteroatoms. The largest absolute Gasteiger partial charge is 0.301 e. The van der Waals surface area contributed by atoms with Gasteiger partial charge in [-0.15, -0.1) is 17.8 Å². The fourth-order valence-electron chi connectivity index (χ4n) is 0.418. The molecule has 1 aromatic rings. The summed E-state index contributed by atoms with van der Waals surface area (Å²) in [6, 6.07) is 0. The lowest BCUT2D eigenvalue weighted by Gasteiger charge is -1.90. The Morgan fingerprint density at radius 3 is 3.20 bits per heavy atom. The Labute approximate surface area is 62.1 Å². The molecule has 0 aliphatic heterocycles. The number of carbonyl (C=O) groups excluding carboxylic acids is 1. The maximum Gasteiger partial charge on any atom is 0.301 e. The van der Waals surface area contributed by atoms with Crippen LogP contribution in [0, 0.1) is 12.3 Å². The maximum absolute atomic E-state index is 10.5. The Kier molecular flexibility index (Phi) is 2.03. The van der Waals surface area contributed by atoms with Gasteiger partial charge in [-0.1, -0.05) is 0 Å². The van der Waals surface area contributed by atoms with Crippen LogP contribution < -0.4 is 5.32 Å². The minimum absolute atomic E-state index is 0.463. The van der Waals surface area contributed by atoms with Crippen LogP contribution in [0.25, 0.3) is 0 Å². The maximum atomic E-state index is 10.5. The van der Waals surface area contributed by atoms with Crippen molar-refractivity contribution in [2.45, 2.75) is 0 Å². The van der Waals surface area contributed by atoms with E-state index in [1.54, 1.807) is 11.6 Å². The number of carbonyl (C=O) groups is 1. The summed E-state index contributed by atoms with van der Waals surface area (Å²) in [4.78, 5) is 14.3. The number of terminal acetylenes is 1. The Hall–Kier alpha value is -1.34. The van der Waals surface area contributed by atoms with Gasteiger partial charge in [-0.25, -0.2) is 4.98 Å². The molecule has 1 heterocycles. The second-order valence-electron chi connectivity index (χ2n) is 1.44. The average molecular weight is 152 g/mol. The third-order valence-electron chi connectivity index (χ3n) is 0.784. The first-order valence-corrected chi connectivity index (χ1v) is 3.38. The molecule has 0 aliphatic carbocycles. The van der Waals surface area contributed by atoms with E-state index < -0.39 is 5.91 Å². The highest BCUT2D eigenvalue weighted by Crippen LogP contribution is 2.09. The van der Waals surface area contributed by atoms with Gasteiger partial charge in [0.05, 0.1) is 0 Å². The highest BCUT2D eigenvalue weighted by Gasteiger charge is 1.96. The van der Waals surface area contributed by atoms with Gasteiger partial charge in [0, 0.05) is 11.6 Å². The number of aromatic nitrogens is 1. The number of nitrogens with zero attached hydrogens (tertiary/aromatic N) is 1. The molecule has 1 amide bonds. The monoisotopic (exact) mass is 152 g/mol. The van der Waals surface area contributed by atoms with Crippen molar-refractivity contribution in [3.8, 4) is 12.3 Å². The lowest BCUT2D eigenvalue weighted by Crippen LogP contribution is -2.07. The summed E-state index contributed by atoms with van der Waals surface area (Å²) in [5.41, 5.74) is 0. The lowest BCUT2D eigenvalue weighted by atomic mass is 10.6. The van der Waals surface area contributed by atoms with Gasteiger partial charge in [0.2, 0.25) is 0 Å². The molecule has 0 atom stereocenters. The molecular weight excluding hydrogens is 148 g/mol. The Morgan fingerprint density at radius 1 is 1.90 bits per heavy atom. The topological polar surface area (TPSA) is 42.0 Å². The van der Waals surface area contributed by atoms with E-state index in [2.05, 4.69) is 10.3 Å². The first kappa shape index (κ1) is 6.78. The number of rotatable bonds is 1. The highest BCUT2D eigenvalue weighted by molar-refractivity contribution is 7.13. The van der Waals surface area contributed by atoms with E-state index in [0.717, 1.165) is 0 Å². The van der Waals surface area contributed by atoms with Crippen LogP contribution in [0.3, 0.4) is 0 Å². The van der Waals surface area contributed by atoms with Crippen molar-refractivity contribution in [2.75, 3.05) is 5.32 Å². The summed E-state index contributed by atoms with van der Waals surface area (Å²) in [5.74, 6) is 1.46. The van der Waals surface area contributed by atoms with Crippen LogP contribution in [0.1, 0.15) is 0 Å². The summed E-state index contributed by atoms with van der Waals surface area (Å²) < 4.78 is 0. The van der Waals surface area contributed by atoms with Gasteiger partial charge in [-0.05, 0) is 5.92 Å². The number of hydrogen-bond acceptors (Lipinski definition) is 3. The molecular formula is C6H4N2OS. The van der Waals surface area contributed by atoms with Crippen LogP contribution in [0.5, 0.6) is 0 Å². The van der Waals surface area contributed by atoms with Gasteiger partial charge in [-0.2, -0.15) is 0 Å². The molecule has 1 aromatic heterocycles. The third-order valence-corrected chi connectivity index (χ3v) is 1.47. The number of amides is 1. The molecule has 0 radical (unpaired) electrons. The van der Waals surface area contributed by atoms with Crippen LogP contribution in [0.15, 0.2) is 11.6 Å². The number of nitrogens with one attached hydrogen (secondary N) is 1. The number of thiazole rings is 1. The zero-order valence-corrected chi connectivity index (χ0v) is 5.81. The molecule has 0 saturated carbocycles. The lowest BCUT2D eigenvalue weighted by molar-refractivity contribution is -0.111. The van der Waals surface area contributed by atoms with E-state index in [4.69, 9.17) is 6.42 Å². The Balaban J connectivity index is 2.59. The predicted molar refractivity (Wildman–Crippen MR) is 39.6 cm³/mol. The van der Waals surface area contributed by atoms with Gasteiger partial charge >= 0.3 is 5.91 Å². The second-order valence-corrected chi connectivity index (χ2v) is 2.33. The fourth-order valence-corrected chi connectivity index (χ4v) is 0.942. The molecule has 0 bridgehead atoms. The second kappa shape index (κ2) is 2.99. The van der Waals surface area contributed by atoms with Crippen LogP contribution in [-0.4, -0.2) is 10.9 Å². The van der Waals surface area contributed by atoms with Gasteiger partial charge in [0.1, 0.15) is 0 Å².